The summed E-state index contributed by atoms with van der Waals surface area (Å²) < 4.78 is 5.28. The lowest BCUT2D eigenvalue weighted by Crippen LogP contribution is -2.24. The van der Waals surface area contributed by atoms with Crippen molar-refractivity contribution < 1.29 is 4.74 Å². The molecule has 0 aromatic heterocycles. The van der Waals surface area contributed by atoms with Crippen molar-refractivity contribution in [3.05, 3.63) is 48.0 Å². The highest BCUT2D eigenvalue weighted by Crippen LogP contribution is 2.28. The van der Waals surface area contributed by atoms with Gasteiger partial charge in [-0.2, -0.15) is 0 Å². The van der Waals surface area contributed by atoms with Crippen LogP contribution in [-0.4, -0.2) is 20.3 Å². The molecule has 0 amide bonds. The zero-order chi connectivity index (χ0) is 14.4. The molecule has 20 heavy (non-hydrogen) atoms. The second-order valence-corrected chi connectivity index (χ2v) is 5.47. The summed E-state index contributed by atoms with van der Waals surface area (Å²) in [5.41, 5.74) is 1.40. The quantitative estimate of drug-likeness (QED) is 0.816. The molecule has 2 heteroatoms. The van der Waals surface area contributed by atoms with Crippen molar-refractivity contribution in [3.8, 4) is 0 Å². The summed E-state index contributed by atoms with van der Waals surface area (Å²) in [6.45, 7) is 6.21. The molecule has 0 spiro atoms. The molecule has 0 bridgehead atoms. The molecular weight excluding hydrogens is 246 g/mol. The fourth-order valence-corrected chi connectivity index (χ4v) is 2.88. The fraction of sp³-hybridized carbons (Fsp3) is 0.444. The lowest BCUT2D eigenvalue weighted by atomic mass is 9.92. The lowest BCUT2D eigenvalue weighted by Gasteiger charge is -2.23. The Hall–Kier alpha value is -1.38. The van der Waals surface area contributed by atoms with E-state index in [-0.39, 0.29) is 0 Å². The first-order chi connectivity index (χ1) is 9.76. The molecule has 0 saturated carbocycles. The zero-order valence-electron chi connectivity index (χ0n) is 12.7. The molecule has 2 rings (SSSR count). The van der Waals surface area contributed by atoms with Gasteiger partial charge in [0.1, 0.15) is 0 Å². The Morgan fingerprint density at radius 3 is 2.60 bits per heavy atom. The maximum atomic E-state index is 5.28. The maximum Gasteiger partial charge on any atom is 0.0488 e. The number of hydrogen-bond acceptors (Lipinski definition) is 2. The van der Waals surface area contributed by atoms with Crippen molar-refractivity contribution in [2.24, 2.45) is 5.92 Å². The standard InChI is InChI=1S/C18H25NO/c1-4-19-18(12-14(2)13-20-3)17-11-7-9-15-8-5-6-10-16(15)17/h5-11,14,18-19H,4,12-13H2,1-3H3. The molecule has 2 aromatic rings. The minimum absolute atomic E-state index is 0.385. The number of benzene rings is 2. The number of fused-ring (bicyclic) bond motifs is 1. The molecule has 0 fully saturated rings. The van der Waals surface area contributed by atoms with E-state index in [0.29, 0.717) is 12.0 Å². The van der Waals surface area contributed by atoms with Gasteiger partial charge >= 0.3 is 0 Å². The first kappa shape index (κ1) is 15.0. The van der Waals surface area contributed by atoms with E-state index in [1.165, 1.54) is 16.3 Å². The zero-order valence-corrected chi connectivity index (χ0v) is 12.7. The Labute approximate surface area is 122 Å². The minimum Gasteiger partial charge on any atom is -0.384 e. The molecule has 2 nitrogen and oxygen atoms in total. The molecule has 2 unspecified atom stereocenters. The van der Waals surface area contributed by atoms with Gasteiger partial charge in [-0.3, -0.25) is 0 Å². The molecule has 0 aliphatic carbocycles. The SMILES string of the molecule is CCNC(CC(C)COC)c1cccc2ccccc12. The van der Waals surface area contributed by atoms with Crippen LogP contribution in [0.4, 0.5) is 0 Å². The number of methoxy groups -OCH3 is 1. The average molecular weight is 271 g/mol. The van der Waals surface area contributed by atoms with Crippen LogP contribution in [0, 0.1) is 5.92 Å². The molecule has 0 saturated heterocycles. The van der Waals surface area contributed by atoms with Crippen molar-refractivity contribution in [3.63, 3.8) is 0 Å². The van der Waals surface area contributed by atoms with Crippen molar-refractivity contribution in [2.75, 3.05) is 20.3 Å². The van der Waals surface area contributed by atoms with Crippen LogP contribution in [0.5, 0.6) is 0 Å². The van der Waals surface area contributed by atoms with Crippen LogP contribution in [-0.2, 0) is 4.74 Å². The summed E-state index contributed by atoms with van der Waals surface area (Å²) in [5, 5.41) is 6.29. The van der Waals surface area contributed by atoms with Crippen LogP contribution in [0.15, 0.2) is 42.5 Å². The van der Waals surface area contributed by atoms with E-state index in [4.69, 9.17) is 4.74 Å². The van der Waals surface area contributed by atoms with E-state index in [1.807, 2.05) is 0 Å². The average Bonchev–Trinajstić information content (AvgIpc) is 2.46. The van der Waals surface area contributed by atoms with E-state index in [2.05, 4.69) is 61.6 Å². The molecule has 1 N–H and O–H groups in total. The topological polar surface area (TPSA) is 21.3 Å². The molecule has 0 aliphatic heterocycles. The molecule has 2 aromatic carbocycles. The summed E-state index contributed by atoms with van der Waals surface area (Å²) in [4.78, 5) is 0. The predicted octanol–water partition coefficient (Wildman–Crippen LogP) is 4.16. The molecular formula is C18H25NO. The molecule has 108 valence electrons. The van der Waals surface area contributed by atoms with Gasteiger partial charge in [-0.1, -0.05) is 56.3 Å². The second-order valence-electron chi connectivity index (χ2n) is 5.47. The largest absolute Gasteiger partial charge is 0.384 e. The second kappa shape index (κ2) is 7.41. The van der Waals surface area contributed by atoms with Crippen LogP contribution < -0.4 is 5.32 Å². The number of rotatable bonds is 7. The van der Waals surface area contributed by atoms with Crippen molar-refractivity contribution in [1.82, 2.24) is 5.32 Å². The normalized spacial score (nSPS) is 14.3. The van der Waals surface area contributed by atoms with Crippen LogP contribution in [0.25, 0.3) is 10.8 Å². The van der Waals surface area contributed by atoms with Gasteiger partial charge in [-0.15, -0.1) is 0 Å². The Kier molecular flexibility index (Phi) is 5.57. The highest BCUT2D eigenvalue weighted by Gasteiger charge is 2.16. The maximum absolute atomic E-state index is 5.28. The Balaban J connectivity index is 2.31. The Morgan fingerprint density at radius 1 is 1.10 bits per heavy atom. The van der Waals surface area contributed by atoms with Crippen LogP contribution in [0.2, 0.25) is 0 Å². The highest BCUT2D eigenvalue weighted by atomic mass is 16.5. The van der Waals surface area contributed by atoms with Gasteiger partial charge in [-0.05, 0) is 35.2 Å². The lowest BCUT2D eigenvalue weighted by molar-refractivity contribution is 0.149. The summed E-state index contributed by atoms with van der Waals surface area (Å²) in [7, 11) is 1.77. The van der Waals surface area contributed by atoms with E-state index in [0.717, 1.165) is 19.6 Å². The summed E-state index contributed by atoms with van der Waals surface area (Å²) in [6, 6.07) is 15.6. The van der Waals surface area contributed by atoms with Crippen LogP contribution >= 0.6 is 0 Å². The van der Waals surface area contributed by atoms with Crippen LogP contribution in [0.1, 0.15) is 31.9 Å². The minimum atomic E-state index is 0.385. The van der Waals surface area contributed by atoms with Gasteiger partial charge in [-0.25, -0.2) is 0 Å². The molecule has 0 heterocycles. The number of ether oxygens (including phenoxy) is 1. The van der Waals surface area contributed by atoms with E-state index in [1.54, 1.807) is 7.11 Å². The highest BCUT2D eigenvalue weighted by molar-refractivity contribution is 5.86. The van der Waals surface area contributed by atoms with Crippen LogP contribution in [0.3, 0.4) is 0 Å². The van der Waals surface area contributed by atoms with Gasteiger partial charge in [0.25, 0.3) is 0 Å². The van der Waals surface area contributed by atoms with Crippen molar-refractivity contribution in [2.45, 2.75) is 26.3 Å². The first-order valence-electron chi connectivity index (χ1n) is 7.46. The van der Waals surface area contributed by atoms with E-state index >= 15 is 0 Å². The smallest absolute Gasteiger partial charge is 0.0488 e. The molecule has 0 aliphatic rings. The fourth-order valence-electron chi connectivity index (χ4n) is 2.88. The molecule has 2 atom stereocenters. The predicted molar refractivity (Wildman–Crippen MR) is 86.0 cm³/mol. The van der Waals surface area contributed by atoms with Crippen molar-refractivity contribution >= 4 is 10.8 Å². The molecule has 0 radical (unpaired) electrons. The third-order valence-corrected chi connectivity index (χ3v) is 3.74. The van der Waals surface area contributed by atoms with Gasteiger partial charge < -0.3 is 10.1 Å². The van der Waals surface area contributed by atoms with Gasteiger partial charge in [0.05, 0.1) is 0 Å². The van der Waals surface area contributed by atoms with Gasteiger partial charge in [0.2, 0.25) is 0 Å². The van der Waals surface area contributed by atoms with Gasteiger partial charge in [0.15, 0.2) is 0 Å². The van der Waals surface area contributed by atoms with Crippen molar-refractivity contribution in [1.29, 1.82) is 0 Å². The summed E-state index contributed by atoms with van der Waals surface area (Å²) in [6.07, 6.45) is 1.09. The third-order valence-electron chi connectivity index (χ3n) is 3.74. The number of hydrogen-bond donors (Lipinski definition) is 1. The third kappa shape index (κ3) is 3.59. The van der Waals surface area contributed by atoms with Gasteiger partial charge in [0, 0.05) is 19.8 Å². The monoisotopic (exact) mass is 271 g/mol. The van der Waals surface area contributed by atoms with E-state index in [9.17, 15) is 0 Å². The first-order valence-corrected chi connectivity index (χ1v) is 7.46. The Bertz CT molecular complexity index is 532. The number of nitrogens with one attached hydrogen (secondary N) is 1. The summed E-state index contributed by atoms with van der Waals surface area (Å²) >= 11 is 0. The Morgan fingerprint density at radius 2 is 1.85 bits per heavy atom. The summed E-state index contributed by atoms with van der Waals surface area (Å²) in [5.74, 6) is 0.544. The van der Waals surface area contributed by atoms with E-state index < -0.39 is 0 Å².